The van der Waals surface area contributed by atoms with Crippen molar-refractivity contribution in [1.82, 2.24) is 14.9 Å². The fourth-order valence-electron chi connectivity index (χ4n) is 3.69. The Balaban J connectivity index is 1.78. The van der Waals surface area contributed by atoms with E-state index in [-0.39, 0.29) is 23.3 Å². The van der Waals surface area contributed by atoms with E-state index in [1.165, 1.54) is 28.6 Å². The van der Waals surface area contributed by atoms with E-state index in [2.05, 4.69) is 5.32 Å². The predicted octanol–water partition coefficient (Wildman–Crippen LogP) is 2.35. The van der Waals surface area contributed by atoms with Crippen LogP contribution in [0.2, 0.25) is 0 Å². The molecule has 1 N–H and O–H groups in total. The third kappa shape index (κ3) is 3.42. The number of carbonyl (C=O) groups excluding carboxylic acids is 1. The molecule has 1 atom stereocenters. The van der Waals surface area contributed by atoms with Gasteiger partial charge in [-0.25, -0.2) is 4.98 Å². The second kappa shape index (κ2) is 7.70. The highest BCUT2D eigenvalue weighted by Crippen LogP contribution is 2.34. The number of thioether (sulfide) groups is 1. The van der Waals surface area contributed by atoms with Crippen molar-refractivity contribution in [3.63, 3.8) is 0 Å². The average molecular weight is 394 g/mol. The number of hydrogen-bond acceptors (Lipinski definition) is 6. The van der Waals surface area contributed by atoms with Crippen molar-refractivity contribution in [2.24, 2.45) is 0 Å². The molecule has 1 saturated heterocycles. The molecule has 0 saturated carbocycles. The maximum absolute atomic E-state index is 13.3. The Labute approximate surface area is 160 Å². The number of amides is 1. The SMILES string of the molecule is CNC(=O)CSc1nc2sc3c(c2c(=O)n1C[C@@H]1CCCO1)CCCC3. The molecule has 1 aliphatic carbocycles. The lowest BCUT2D eigenvalue weighted by atomic mass is 9.97. The standard InChI is InChI=1S/C18H23N3O3S2/c1-19-14(22)10-25-18-20-16-15(12-6-2-3-7-13(12)26-16)17(23)21(18)9-11-5-4-8-24-11/h11H,2-10H2,1H3,(H,19,22)/t11-/m0/s1. The van der Waals surface area contributed by atoms with Crippen LogP contribution in [0.5, 0.6) is 0 Å². The van der Waals surface area contributed by atoms with E-state index in [0.717, 1.165) is 48.9 Å². The highest BCUT2D eigenvalue weighted by molar-refractivity contribution is 7.99. The fourth-order valence-corrected chi connectivity index (χ4v) is 5.87. The number of aromatic nitrogens is 2. The summed E-state index contributed by atoms with van der Waals surface area (Å²) in [4.78, 5) is 32.0. The maximum Gasteiger partial charge on any atom is 0.263 e. The van der Waals surface area contributed by atoms with Gasteiger partial charge in [-0.2, -0.15) is 0 Å². The molecule has 140 valence electrons. The van der Waals surface area contributed by atoms with Crippen LogP contribution in [0.25, 0.3) is 10.2 Å². The number of nitrogens with one attached hydrogen (secondary N) is 1. The number of nitrogens with zero attached hydrogens (tertiary/aromatic N) is 2. The smallest absolute Gasteiger partial charge is 0.263 e. The Bertz CT molecular complexity index is 884. The summed E-state index contributed by atoms with van der Waals surface area (Å²) in [7, 11) is 1.62. The quantitative estimate of drug-likeness (QED) is 0.624. The van der Waals surface area contributed by atoms with E-state index >= 15 is 0 Å². The van der Waals surface area contributed by atoms with Crippen molar-refractivity contribution in [2.45, 2.75) is 56.3 Å². The number of aryl methyl sites for hydroxylation is 2. The summed E-state index contributed by atoms with van der Waals surface area (Å²) in [5.41, 5.74) is 1.24. The third-order valence-electron chi connectivity index (χ3n) is 5.06. The summed E-state index contributed by atoms with van der Waals surface area (Å²) in [6.45, 7) is 1.27. The van der Waals surface area contributed by atoms with Crippen LogP contribution in [-0.4, -0.2) is 41.0 Å². The highest BCUT2D eigenvalue weighted by atomic mass is 32.2. The summed E-state index contributed by atoms with van der Waals surface area (Å²) in [6, 6.07) is 0. The van der Waals surface area contributed by atoms with Crippen molar-refractivity contribution >= 4 is 39.2 Å². The zero-order valence-electron chi connectivity index (χ0n) is 14.9. The van der Waals surface area contributed by atoms with E-state index in [1.54, 1.807) is 23.0 Å². The molecule has 3 heterocycles. The second-order valence-corrected chi connectivity index (χ2v) is 8.82. The molecule has 4 rings (SSSR count). The van der Waals surface area contributed by atoms with Gasteiger partial charge < -0.3 is 10.1 Å². The number of carbonyl (C=O) groups is 1. The zero-order valence-corrected chi connectivity index (χ0v) is 16.5. The molecule has 2 aliphatic rings. The number of fused-ring (bicyclic) bond motifs is 3. The van der Waals surface area contributed by atoms with Crippen LogP contribution in [0.1, 0.15) is 36.1 Å². The number of hydrogen-bond donors (Lipinski definition) is 1. The van der Waals surface area contributed by atoms with Gasteiger partial charge in [0.25, 0.3) is 5.56 Å². The van der Waals surface area contributed by atoms with E-state index < -0.39 is 0 Å². The van der Waals surface area contributed by atoms with E-state index in [9.17, 15) is 9.59 Å². The topological polar surface area (TPSA) is 73.2 Å². The molecule has 0 spiro atoms. The molecule has 0 radical (unpaired) electrons. The van der Waals surface area contributed by atoms with Crippen LogP contribution >= 0.6 is 23.1 Å². The molecular formula is C18H23N3O3S2. The van der Waals surface area contributed by atoms with E-state index in [4.69, 9.17) is 9.72 Å². The first-order chi connectivity index (χ1) is 12.7. The van der Waals surface area contributed by atoms with Gasteiger partial charge in [-0.1, -0.05) is 11.8 Å². The summed E-state index contributed by atoms with van der Waals surface area (Å²) < 4.78 is 7.49. The molecule has 2 aromatic rings. The largest absolute Gasteiger partial charge is 0.376 e. The molecule has 1 fully saturated rings. The first-order valence-corrected chi connectivity index (χ1v) is 11.0. The van der Waals surface area contributed by atoms with Gasteiger partial charge in [0.1, 0.15) is 4.83 Å². The van der Waals surface area contributed by atoms with Gasteiger partial charge in [0, 0.05) is 18.5 Å². The van der Waals surface area contributed by atoms with Crippen molar-refractivity contribution < 1.29 is 9.53 Å². The number of rotatable bonds is 5. The maximum atomic E-state index is 13.3. The minimum Gasteiger partial charge on any atom is -0.376 e. The van der Waals surface area contributed by atoms with Gasteiger partial charge in [-0.05, 0) is 44.1 Å². The summed E-state index contributed by atoms with van der Waals surface area (Å²) >= 11 is 2.98. The molecule has 26 heavy (non-hydrogen) atoms. The van der Waals surface area contributed by atoms with Crippen LogP contribution in [0, 0.1) is 0 Å². The van der Waals surface area contributed by atoms with E-state index in [0.29, 0.717) is 11.7 Å². The molecule has 6 nitrogen and oxygen atoms in total. The van der Waals surface area contributed by atoms with Crippen molar-refractivity contribution in [3.05, 3.63) is 20.8 Å². The average Bonchev–Trinajstić information content (AvgIpc) is 3.29. The third-order valence-corrected chi connectivity index (χ3v) is 7.22. The van der Waals surface area contributed by atoms with Crippen LogP contribution in [0.15, 0.2) is 9.95 Å². The number of ether oxygens (including phenoxy) is 1. The number of thiophene rings is 1. The molecule has 1 aliphatic heterocycles. The van der Waals surface area contributed by atoms with Crippen LogP contribution in [0.3, 0.4) is 0 Å². The normalized spacial score (nSPS) is 19.7. The van der Waals surface area contributed by atoms with Gasteiger partial charge in [-0.3, -0.25) is 14.2 Å². The van der Waals surface area contributed by atoms with Gasteiger partial charge in [-0.15, -0.1) is 11.3 Å². The molecule has 8 heteroatoms. The minimum absolute atomic E-state index is 0.0318. The predicted molar refractivity (Wildman–Crippen MR) is 104 cm³/mol. The molecule has 0 unspecified atom stereocenters. The summed E-state index contributed by atoms with van der Waals surface area (Å²) in [5.74, 6) is 0.184. The molecule has 0 aromatic carbocycles. The Morgan fingerprint density at radius 1 is 1.38 bits per heavy atom. The highest BCUT2D eigenvalue weighted by Gasteiger charge is 2.25. The Morgan fingerprint density at radius 3 is 3.00 bits per heavy atom. The molecular weight excluding hydrogens is 370 g/mol. The van der Waals surface area contributed by atoms with E-state index in [1.807, 2.05) is 0 Å². The Kier molecular flexibility index (Phi) is 5.33. The summed E-state index contributed by atoms with van der Waals surface area (Å²) in [6.07, 6.45) is 6.38. The lowest BCUT2D eigenvalue weighted by molar-refractivity contribution is -0.118. The zero-order chi connectivity index (χ0) is 18.1. The fraction of sp³-hybridized carbons (Fsp3) is 0.611. The lowest BCUT2D eigenvalue weighted by Gasteiger charge is -2.16. The minimum atomic E-state index is -0.0708. The first kappa shape index (κ1) is 18.0. The van der Waals surface area contributed by atoms with Gasteiger partial charge in [0.05, 0.1) is 23.8 Å². The van der Waals surface area contributed by atoms with Crippen LogP contribution in [-0.2, 0) is 28.9 Å². The van der Waals surface area contributed by atoms with Gasteiger partial charge >= 0.3 is 0 Å². The van der Waals surface area contributed by atoms with Crippen LogP contribution < -0.4 is 10.9 Å². The monoisotopic (exact) mass is 393 g/mol. The Hall–Kier alpha value is -1.38. The molecule has 0 bridgehead atoms. The lowest BCUT2D eigenvalue weighted by Crippen LogP contribution is -2.29. The first-order valence-electron chi connectivity index (χ1n) is 9.17. The van der Waals surface area contributed by atoms with Crippen molar-refractivity contribution in [2.75, 3.05) is 19.4 Å². The van der Waals surface area contributed by atoms with Crippen molar-refractivity contribution in [1.29, 1.82) is 0 Å². The summed E-state index contributed by atoms with van der Waals surface area (Å²) in [5, 5.41) is 4.05. The van der Waals surface area contributed by atoms with Gasteiger partial charge in [0.15, 0.2) is 5.16 Å². The molecule has 2 aromatic heterocycles. The molecule has 1 amide bonds. The second-order valence-electron chi connectivity index (χ2n) is 6.80. The Morgan fingerprint density at radius 2 is 2.23 bits per heavy atom. The van der Waals surface area contributed by atoms with Gasteiger partial charge in [0.2, 0.25) is 5.91 Å². The van der Waals surface area contributed by atoms with Crippen LogP contribution in [0.4, 0.5) is 0 Å². The van der Waals surface area contributed by atoms with Crippen molar-refractivity contribution in [3.8, 4) is 0 Å².